The highest BCUT2D eigenvalue weighted by Crippen LogP contribution is 2.03. The van der Waals surface area contributed by atoms with Crippen molar-refractivity contribution in [1.29, 1.82) is 5.26 Å². The van der Waals surface area contributed by atoms with E-state index in [4.69, 9.17) is 5.26 Å². The summed E-state index contributed by atoms with van der Waals surface area (Å²) in [4.78, 5) is 0. The van der Waals surface area contributed by atoms with Gasteiger partial charge in [-0.3, -0.25) is 0 Å². The van der Waals surface area contributed by atoms with E-state index >= 15 is 0 Å². The van der Waals surface area contributed by atoms with Crippen LogP contribution in [0, 0.1) is 11.3 Å². The summed E-state index contributed by atoms with van der Waals surface area (Å²) in [5.41, 5.74) is -0.517. The smallest absolute Gasteiger partial charge is 0.198 e. The molecule has 88 valence electrons. The highest BCUT2D eigenvalue weighted by molar-refractivity contribution is 7.87. The summed E-state index contributed by atoms with van der Waals surface area (Å²) in [7, 11) is -3.52. The molecule has 0 rings (SSSR count). The van der Waals surface area contributed by atoms with Crippen LogP contribution in [0.25, 0.3) is 0 Å². The maximum Gasteiger partial charge on any atom is 0.277 e. The van der Waals surface area contributed by atoms with E-state index < -0.39 is 15.7 Å². The van der Waals surface area contributed by atoms with Gasteiger partial charge in [0.05, 0.1) is 12.5 Å². The fraction of sp³-hybridized carbons (Fsp3) is 0.889. The zero-order chi connectivity index (χ0) is 12.1. The molecule has 0 amide bonds. The van der Waals surface area contributed by atoms with Crippen molar-refractivity contribution < 1.29 is 8.42 Å². The molecule has 0 saturated carbocycles. The van der Waals surface area contributed by atoms with Crippen LogP contribution in [-0.2, 0) is 10.2 Å². The molecule has 1 unspecified atom stereocenters. The van der Waals surface area contributed by atoms with Gasteiger partial charge in [0, 0.05) is 11.6 Å². The van der Waals surface area contributed by atoms with Crippen molar-refractivity contribution in [2.24, 2.45) is 0 Å². The molecule has 0 spiro atoms. The maximum atomic E-state index is 11.6. The number of hydrogen-bond donors (Lipinski definition) is 2. The van der Waals surface area contributed by atoms with Crippen LogP contribution in [0.1, 0.15) is 40.5 Å². The molecule has 5 nitrogen and oxygen atoms in total. The van der Waals surface area contributed by atoms with Gasteiger partial charge in [-0.2, -0.15) is 23.1 Å². The number of nitrogens with one attached hydrogen (secondary N) is 2. The summed E-state index contributed by atoms with van der Waals surface area (Å²) in [5.74, 6) is 0. The molecule has 0 saturated heterocycles. The lowest BCUT2D eigenvalue weighted by Gasteiger charge is -2.22. The van der Waals surface area contributed by atoms with Crippen LogP contribution in [-0.4, -0.2) is 20.0 Å². The van der Waals surface area contributed by atoms with E-state index in [-0.39, 0.29) is 12.5 Å². The van der Waals surface area contributed by atoms with Crippen LogP contribution < -0.4 is 9.44 Å². The van der Waals surface area contributed by atoms with E-state index in [0.29, 0.717) is 6.42 Å². The van der Waals surface area contributed by atoms with Crippen LogP contribution in [0.15, 0.2) is 0 Å². The first kappa shape index (κ1) is 14.4. The molecular formula is C9H19N3O2S. The SMILES string of the molecule is CCC(CC#N)NS(=O)(=O)NC(C)(C)C. The Hall–Kier alpha value is -0.640. The van der Waals surface area contributed by atoms with Crippen molar-refractivity contribution in [2.45, 2.75) is 52.1 Å². The van der Waals surface area contributed by atoms with Gasteiger partial charge < -0.3 is 0 Å². The second-order valence-corrected chi connectivity index (χ2v) is 5.89. The summed E-state index contributed by atoms with van der Waals surface area (Å²) >= 11 is 0. The van der Waals surface area contributed by atoms with E-state index in [0.717, 1.165) is 0 Å². The first-order valence-corrected chi connectivity index (χ1v) is 6.36. The number of nitriles is 1. The predicted molar refractivity (Wildman–Crippen MR) is 59.3 cm³/mol. The average molecular weight is 233 g/mol. The third kappa shape index (κ3) is 7.31. The fourth-order valence-corrected chi connectivity index (χ4v) is 2.59. The minimum atomic E-state index is -3.52. The van der Waals surface area contributed by atoms with Gasteiger partial charge in [-0.05, 0) is 27.2 Å². The lowest BCUT2D eigenvalue weighted by atomic mass is 10.1. The minimum Gasteiger partial charge on any atom is -0.198 e. The van der Waals surface area contributed by atoms with E-state index in [1.54, 1.807) is 20.8 Å². The fourth-order valence-electron chi connectivity index (χ4n) is 1.03. The van der Waals surface area contributed by atoms with Crippen LogP contribution in [0.3, 0.4) is 0 Å². The first-order valence-electron chi connectivity index (χ1n) is 4.88. The summed E-state index contributed by atoms with van der Waals surface area (Å²) in [6.07, 6.45) is 0.778. The largest absolute Gasteiger partial charge is 0.277 e. The summed E-state index contributed by atoms with van der Waals surface area (Å²) < 4.78 is 28.0. The monoisotopic (exact) mass is 233 g/mol. The number of hydrogen-bond acceptors (Lipinski definition) is 3. The molecule has 1 atom stereocenters. The third-order valence-corrected chi connectivity index (χ3v) is 3.12. The topological polar surface area (TPSA) is 82.0 Å². The zero-order valence-corrected chi connectivity index (χ0v) is 10.5. The summed E-state index contributed by atoms with van der Waals surface area (Å²) in [5, 5.41) is 8.49. The molecule has 0 fully saturated rings. The van der Waals surface area contributed by atoms with Gasteiger partial charge in [-0.25, -0.2) is 0 Å². The van der Waals surface area contributed by atoms with Crippen molar-refractivity contribution in [2.75, 3.05) is 0 Å². The van der Waals surface area contributed by atoms with Crippen LogP contribution in [0.4, 0.5) is 0 Å². The van der Waals surface area contributed by atoms with E-state index in [1.807, 2.05) is 13.0 Å². The van der Waals surface area contributed by atoms with Gasteiger partial charge in [0.1, 0.15) is 0 Å². The second-order valence-electron chi connectivity index (χ2n) is 4.44. The molecule has 6 heteroatoms. The Balaban J connectivity index is 4.44. The zero-order valence-electron chi connectivity index (χ0n) is 9.66. The second kappa shape index (κ2) is 5.45. The highest BCUT2D eigenvalue weighted by atomic mass is 32.2. The van der Waals surface area contributed by atoms with Gasteiger partial charge in [0.2, 0.25) is 0 Å². The Kier molecular flexibility index (Phi) is 5.21. The van der Waals surface area contributed by atoms with E-state index in [9.17, 15) is 8.42 Å². The molecule has 0 aliphatic carbocycles. The van der Waals surface area contributed by atoms with Gasteiger partial charge in [-0.1, -0.05) is 6.92 Å². The molecular weight excluding hydrogens is 214 g/mol. The Labute approximate surface area is 92.0 Å². The molecule has 0 aliphatic rings. The van der Waals surface area contributed by atoms with E-state index in [2.05, 4.69) is 9.44 Å². The molecule has 0 aromatic rings. The third-order valence-electron chi connectivity index (χ3n) is 1.59. The van der Waals surface area contributed by atoms with Gasteiger partial charge >= 0.3 is 0 Å². The van der Waals surface area contributed by atoms with Crippen molar-refractivity contribution in [3.05, 3.63) is 0 Å². The predicted octanol–water partition coefficient (Wildman–Crippen LogP) is 0.901. The highest BCUT2D eigenvalue weighted by Gasteiger charge is 2.22. The first-order chi connectivity index (χ1) is 6.70. The average Bonchev–Trinajstić information content (AvgIpc) is 1.98. The number of rotatable bonds is 5. The molecule has 15 heavy (non-hydrogen) atoms. The number of nitrogens with zero attached hydrogens (tertiary/aromatic N) is 1. The van der Waals surface area contributed by atoms with Crippen molar-refractivity contribution in [3.8, 4) is 6.07 Å². The van der Waals surface area contributed by atoms with E-state index in [1.165, 1.54) is 0 Å². The normalized spacial score (nSPS) is 14.6. The Morgan fingerprint density at radius 3 is 2.27 bits per heavy atom. The summed E-state index contributed by atoms with van der Waals surface area (Å²) in [6.45, 7) is 7.12. The Morgan fingerprint density at radius 1 is 1.40 bits per heavy atom. The maximum absolute atomic E-state index is 11.6. The molecule has 0 aromatic carbocycles. The van der Waals surface area contributed by atoms with Crippen molar-refractivity contribution in [1.82, 2.24) is 9.44 Å². The van der Waals surface area contributed by atoms with Crippen molar-refractivity contribution in [3.63, 3.8) is 0 Å². The Morgan fingerprint density at radius 2 is 1.93 bits per heavy atom. The standard InChI is InChI=1S/C9H19N3O2S/c1-5-8(6-7-10)11-15(13,14)12-9(2,3)4/h8,11-12H,5-6H2,1-4H3. The lowest BCUT2D eigenvalue weighted by molar-refractivity contribution is 0.471. The van der Waals surface area contributed by atoms with Crippen LogP contribution in [0.2, 0.25) is 0 Å². The van der Waals surface area contributed by atoms with Crippen LogP contribution >= 0.6 is 0 Å². The molecule has 0 bridgehead atoms. The van der Waals surface area contributed by atoms with Gasteiger partial charge in [-0.15, -0.1) is 0 Å². The Bertz CT molecular complexity index is 324. The van der Waals surface area contributed by atoms with Gasteiger partial charge in [0.25, 0.3) is 10.2 Å². The minimum absolute atomic E-state index is 0.182. The molecule has 2 N–H and O–H groups in total. The van der Waals surface area contributed by atoms with Crippen LogP contribution in [0.5, 0.6) is 0 Å². The molecule has 0 heterocycles. The van der Waals surface area contributed by atoms with Gasteiger partial charge in [0.15, 0.2) is 0 Å². The molecule has 0 aliphatic heterocycles. The lowest BCUT2D eigenvalue weighted by Crippen LogP contribution is -2.49. The molecule has 0 aromatic heterocycles. The summed E-state index contributed by atoms with van der Waals surface area (Å²) in [6, 6.07) is 1.63. The van der Waals surface area contributed by atoms with Crippen molar-refractivity contribution >= 4 is 10.2 Å². The quantitative estimate of drug-likeness (QED) is 0.740. The molecule has 0 radical (unpaired) electrons.